The number of nitro groups is 1. The van der Waals surface area contributed by atoms with Gasteiger partial charge in [0.05, 0.1) is 4.92 Å². The fourth-order valence-corrected chi connectivity index (χ4v) is 1.44. The van der Waals surface area contributed by atoms with Gasteiger partial charge in [0.15, 0.2) is 0 Å². The first kappa shape index (κ1) is 14.4. The summed E-state index contributed by atoms with van der Waals surface area (Å²) in [6.45, 7) is 3.22. The molecule has 0 aliphatic heterocycles. The van der Waals surface area contributed by atoms with E-state index in [1.54, 1.807) is 12.1 Å². The van der Waals surface area contributed by atoms with E-state index >= 15 is 0 Å². The number of non-ortho nitro benzene ring substituents is 1. The molecule has 1 rings (SSSR count). The Labute approximate surface area is 111 Å². The summed E-state index contributed by atoms with van der Waals surface area (Å²) in [5, 5.41) is 13.8. The van der Waals surface area contributed by atoms with Gasteiger partial charge in [-0.25, -0.2) is 0 Å². The first-order valence-electron chi connectivity index (χ1n) is 5.77. The quantitative estimate of drug-likeness (QED) is 0.372. The Hall–Kier alpha value is -1.69. The number of thiocarbonyl (C=S) groups is 1. The van der Waals surface area contributed by atoms with Gasteiger partial charge in [0.1, 0.15) is 6.61 Å². The molecule has 5 nitrogen and oxygen atoms in total. The molecule has 18 heavy (non-hydrogen) atoms. The van der Waals surface area contributed by atoms with Crippen molar-refractivity contribution in [2.75, 3.05) is 6.54 Å². The van der Waals surface area contributed by atoms with Crippen molar-refractivity contribution in [3.63, 3.8) is 0 Å². The number of nitrogens with zero attached hydrogens (tertiary/aromatic N) is 1. The number of hydrogen-bond acceptors (Lipinski definition) is 4. The zero-order valence-electron chi connectivity index (χ0n) is 10.2. The van der Waals surface area contributed by atoms with Crippen molar-refractivity contribution in [3.8, 4) is 0 Å². The van der Waals surface area contributed by atoms with Crippen LogP contribution in [0.5, 0.6) is 0 Å². The van der Waals surface area contributed by atoms with Crippen molar-refractivity contribution in [1.29, 1.82) is 0 Å². The molecule has 0 atom stereocenters. The highest BCUT2D eigenvalue weighted by Gasteiger charge is 2.04. The third-order valence-corrected chi connectivity index (χ3v) is 2.58. The van der Waals surface area contributed by atoms with Crippen LogP contribution < -0.4 is 5.32 Å². The van der Waals surface area contributed by atoms with E-state index in [0.29, 0.717) is 11.8 Å². The van der Waals surface area contributed by atoms with Gasteiger partial charge in [-0.1, -0.05) is 13.3 Å². The Kier molecular flexibility index (Phi) is 6.07. The fourth-order valence-electron chi connectivity index (χ4n) is 1.28. The standard InChI is InChI=1S/C12H16N2O3S/c1-2-3-8-13-12(18)17-9-10-4-6-11(7-5-10)14(15)16/h4-7H,2-3,8-9H2,1H3,(H,13,18). The number of hydrogen-bond donors (Lipinski definition) is 1. The van der Waals surface area contributed by atoms with Crippen LogP contribution in [-0.4, -0.2) is 16.6 Å². The van der Waals surface area contributed by atoms with Crippen LogP contribution in [-0.2, 0) is 11.3 Å². The molecule has 0 fully saturated rings. The van der Waals surface area contributed by atoms with Crippen molar-refractivity contribution in [2.24, 2.45) is 0 Å². The topological polar surface area (TPSA) is 64.4 Å². The van der Waals surface area contributed by atoms with Crippen LogP contribution in [0.3, 0.4) is 0 Å². The van der Waals surface area contributed by atoms with Crippen LogP contribution >= 0.6 is 12.2 Å². The Morgan fingerprint density at radius 3 is 2.67 bits per heavy atom. The Balaban J connectivity index is 2.34. The summed E-state index contributed by atoms with van der Waals surface area (Å²) in [6.07, 6.45) is 2.14. The minimum Gasteiger partial charge on any atom is -0.466 e. The van der Waals surface area contributed by atoms with Gasteiger partial charge < -0.3 is 10.1 Å². The third-order valence-electron chi connectivity index (χ3n) is 2.32. The summed E-state index contributed by atoms with van der Waals surface area (Å²) in [5.74, 6) is 0. The molecule has 1 aromatic rings. The molecule has 98 valence electrons. The highest BCUT2D eigenvalue weighted by molar-refractivity contribution is 7.80. The van der Waals surface area contributed by atoms with Crippen LogP contribution in [0.4, 0.5) is 5.69 Å². The maximum absolute atomic E-state index is 10.5. The molecular weight excluding hydrogens is 252 g/mol. The molecule has 0 radical (unpaired) electrons. The van der Waals surface area contributed by atoms with E-state index in [1.807, 2.05) is 0 Å². The lowest BCUT2D eigenvalue weighted by molar-refractivity contribution is -0.384. The lowest BCUT2D eigenvalue weighted by Crippen LogP contribution is -2.24. The van der Waals surface area contributed by atoms with Gasteiger partial charge in [-0.3, -0.25) is 10.1 Å². The largest absolute Gasteiger partial charge is 0.466 e. The van der Waals surface area contributed by atoms with Gasteiger partial charge in [-0.15, -0.1) is 0 Å². The average molecular weight is 268 g/mol. The molecule has 0 saturated carbocycles. The van der Waals surface area contributed by atoms with E-state index in [9.17, 15) is 10.1 Å². The number of nitrogens with one attached hydrogen (secondary N) is 1. The molecule has 0 bridgehead atoms. The van der Waals surface area contributed by atoms with Crippen molar-refractivity contribution in [1.82, 2.24) is 5.32 Å². The highest BCUT2D eigenvalue weighted by atomic mass is 32.1. The second-order valence-electron chi connectivity index (χ2n) is 3.78. The third kappa shape index (κ3) is 5.09. The molecule has 1 aromatic carbocycles. The number of benzene rings is 1. The lowest BCUT2D eigenvalue weighted by atomic mass is 10.2. The number of unbranched alkanes of at least 4 members (excludes halogenated alkanes) is 1. The van der Waals surface area contributed by atoms with Crippen LogP contribution in [0.1, 0.15) is 25.3 Å². The highest BCUT2D eigenvalue weighted by Crippen LogP contribution is 2.12. The predicted molar refractivity (Wildman–Crippen MR) is 73.4 cm³/mol. The molecule has 0 aliphatic rings. The summed E-state index contributed by atoms with van der Waals surface area (Å²) in [6, 6.07) is 6.22. The smallest absolute Gasteiger partial charge is 0.269 e. The second kappa shape index (κ2) is 7.60. The minimum absolute atomic E-state index is 0.0717. The Morgan fingerprint density at radius 1 is 1.44 bits per heavy atom. The first-order chi connectivity index (χ1) is 8.63. The average Bonchev–Trinajstić information content (AvgIpc) is 2.37. The second-order valence-corrected chi connectivity index (χ2v) is 4.15. The molecular formula is C12H16N2O3S. The minimum atomic E-state index is -0.429. The number of rotatable bonds is 6. The Morgan fingerprint density at radius 2 is 2.11 bits per heavy atom. The van der Waals surface area contributed by atoms with Crippen molar-refractivity contribution >= 4 is 23.1 Å². The van der Waals surface area contributed by atoms with Crippen molar-refractivity contribution in [2.45, 2.75) is 26.4 Å². The van der Waals surface area contributed by atoms with Gasteiger partial charge in [0, 0.05) is 18.7 Å². The van der Waals surface area contributed by atoms with Crippen molar-refractivity contribution < 1.29 is 9.66 Å². The number of ether oxygens (including phenoxy) is 1. The Bertz CT molecular complexity index is 406. The van der Waals surface area contributed by atoms with E-state index in [0.717, 1.165) is 24.9 Å². The van der Waals surface area contributed by atoms with Gasteiger partial charge >= 0.3 is 0 Å². The normalized spacial score (nSPS) is 9.83. The van der Waals surface area contributed by atoms with E-state index in [4.69, 9.17) is 17.0 Å². The molecule has 0 heterocycles. The monoisotopic (exact) mass is 268 g/mol. The van der Waals surface area contributed by atoms with Crippen LogP contribution in [0.2, 0.25) is 0 Å². The molecule has 1 N–H and O–H groups in total. The SMILES string of the molecule is CCCCNC(=S)OCc1ccc([N+](=O)[O-])cc1. The van der Waals surface area contributed by atoms with Crippen LogP contribution in [0, 0.1) is 10.1 Å². The maximum Gasteiger partial charge on any atom is 0.269 e. The van der Waals surface area contributed by atoms with E-state index < -0.39 is 4.92 Å². The zero-order chi connectivity index (χ0) is 13.4. The molecule has 0 unspecified atom stereocenters. The van der Waals surface area contributed by atoms with Gasteiger partial charge in [0.25, 0.3) is 10.9 Å². The summed E-state index contributed by atoms with van der Waals surface area (Å²) in [4.78, 5) is 10.0. The lowest BCUT2D eigenvalue weighted by Gasteiger charge is -2.09. The van der Waals surface area contributed by atoms with Gasteiger partial charge in [-0.2, -0.15) is 0 Å². The molecule has 0 saturated heterocycles. The van der Waals surface area contributed by atoms with Crippen LogP contribution in [0.15, 0.2) is 24.3 Å². The summed E-state index contributed by atoms with van der Waals surface area (Å²) in [7, 11) is 0. The predicted octanol–water partition coefficient (Wildman–Crippen LogP) is 2.79. The fraction of sp³-hybridized carbons (Fsp3) is 0.417. The molecule has 0 aromatic heterocycles. The summed E-state index contributed by atoms with van der Waals surface area (Å²) < 4.78 is 5.33. The van der Waals surface area contributed by atoms with Gasteiger partial charge in [-0.05, 0) is 36.3 Å². The first-order valence-corrected chi connectivity index (χ1v) is 6.18. The molecule has 0 spiro atoms. The molecule has 0 amide bonds. The number of nitro benzene ring substituents is 1. The van der Waals surface area contributed by atoms with E-state index in [2.05, 4.69) is 12.2 Å². The molecule has 0 aliphatic carbocycles. The summed E-state index contributed by atoms with van der Waals surface area (Å²) in [5.41, 5.74) is 0.919. The van der Waals surface area contributed by atoms with Crippen molar-refractivity contribution in [3.05, 3.63) is 39.9 Å². The molecule has 6 heteroatoms. The van der Waals surface area contributed by atoms with E-state index in [1.165, 1.54) is 12.1 Å². The van der Waals surface area contributed by atoms with E-state index in [-0.39, 0.29) is 5.69 Å². The van der Waals surface area contributed by atoms with Gasteiger partial charge in [0.2, 0.25) is 0 Å². The maximum atomic E-state index is 10.5. The van der Waals surface area contributed by atoms with Crippen LogP contribution in [0.25, 0.3) is 0 Å². The summed E-state index contributed by atoms with van der Waals surface area (Å²) >= 11 is 4.99. The zero-order valence-corrected chi connectivity index (χ0v) is 11.0.